The highest BCUT2D eigenvalue weighted by molar-refractivity contribution is 6.27. The van der Waals surface area contributed by atoms with Crippen LogP contribution in [0, 0.1) is 5.92 Å². The van der Waals surface area contributed by atoms with Crippen LogP contribution in [0.15, 0.2) is 0 Å². The first-order chi connectivity index (χ1) is 4.74. The zero-order chi connectivity index (χ0) is 7.98. The SMILES string of the molecule is CCC(CC)CC(=O)CCl. The molecule has 0 aromatic heterocycles. The third-order valence-electron chi connectivity index (χ3n) is 1.82. The van der Waals surface area contributed by atoms with Crippen molar-refractivity contribution in [1.82, 2.24) is 0 Å². The maximum absolute atomic E-state index is 10.8. The number of rotatable bonds is 5. The number of carbonyl (C=O) groups is 1. The minimum atomic E-state index is 0.176. The molecule has 0 aromatic carbocycles. The van der Waals surface area contributed by atoms with E-state index in [1.165, 1.54) is 0 Å². The van der Waals surface area contributed by atoms with E-state index < -0.39 is 0 Å². The van der Waals surface area contributed by atoms with Gasteiger partial charge in [0, 0.05) is 6.42 Å². The van der Waals surface area contributed by atoms with Crippen LogP contribution in [0.3, 0.4) is 0 Å². The van der Waals surface area contributed by atoms with Gasteiger partial charge in [-0.3, -0.25) is 4.79 Å². The Morgan fingerprint density at radius 3 is 2.20 bits per heavy atom. The van der Waals surface area contributed by atoms with Gasteiger partial charge in [-0.2, -0.15) is 0 Å². The quantitative estimate of drug-likeness (QED) is 0.568. The van der Waals surface area contributed by atoms with Crippen LogP contribution in [-0.2, 0) is 4.79 Å². The number of Topliss-reactive ketones (excluding diaryl/α,β-unsaturated/α-hetero) is 1. The van der Waals surface area contributed by atoms with Crippen molar-refractivity contribution < 1.29 is 4.79 Å². The van der Waals surface area contributed by atoms with E-state index in [-0.39, 0.29) is 11.7 Å². The lowest BCUT2D eigenvalue weighted by molar-refractivity contribution is -0.117. The number of ketones is 1. The molecule has 1 nitrogen and oxygen atoms in total. The van der Waals surface area contributed by atoms with Crippen molar-refractivity contribution in [3.63, 3.8) is 0 Å². The molecule has 0 unspecified atom stereocenters. The molecule has 0 aliphatic rings. The Morgan fingerprint density at radius 2 is 1.90 bits per heavy atom. The van der Waals surface area contributed by atoms with Crippen molar-refractivity contribution in [2.24, 2.45) is 5.92 Å². The van der Waals surface area contributed by atoms with Crippen LogP contribution in [-0.4, -0.2) is 11.7 Å². The molecule has 2 heteroatoms. The number of hydrogen-bond donors (Lipinski definition) is 0. The second-order valence-electron chi connectivity index (χ2n) is 2.56. The van der Waals surface area contributed by atoms with Crippen LogP contribution in [0.2, 0.25) is 0 Å². The number of alkyl halides is 1. The zero-order valence-electron chi connectivity index (χ0n) is 6.69. The fourth-order valence-electron chi connectivity index (χ4n) is 0.954. The highest BCUT2D eigenvalue weighted by Crippen LogP contribution is 2.12. The second kappa shape index (κ2) is 5.72. The monoisotopic (exact) mass is 162 g/mol. The Hall–Kier alpha value is -0.0400. The van der Waals surface area contributed by atoms with Gasteiger partial charge in [0.25, 0.3) is 0 Å². The maximum atomic E-state index is 10.8. The minimum absolute atomic E-state index is 0.176. The van der Waals surface area contributed by atoms with Gasteiger partial charge in [0.1, 0.15) is 5.78 Å². The summed E-state index contributed by atoms with van der Waals surface area (Å²) < 4.78 is 0. The summed E-state index contributed by atoms with van der Waals surface area (Å²) >= 11 is 5.36. The van der Waals surface area contributed by atoms with E-state index >= 15 is 0 Å². The van der Waals surface area contributed by atoms with Crippen molar-refractivity contribution in [2.75, 3.05) is 5.88 Å². The van der Waals surface area contributed by atoms with Gasteiger partial charge in [-0.05, 0) is 5.92 Å². The van der Waals surface area contributed by atoms with Crippen molar-refractivity contribution in [3.8, 4) is 0 Å². The van der Waals surface area contributed by atoms with Gasteiger partial charge in [-0.15, -0.1) is 11.6 Å². The van der Waals surface area contributed by atoms with Gasteiger partial charge >= 0.3 is 0 Å². The Kier molecular flexibility index (Phi) is 5.70. The molecule has 0 fully saturated rings. The van der Waals surface area contributed by atoms with E-state index in [4.69, 9.17) is 11.6 Å². The zero-order valence-corrected chi connectivity index (χ0v) is 7.45. The van der Waals surface area contributed by atoms with Gasteiger partial charge in [0.15, 0.2) is 0 Å². The standard InChI is InChI=1S/C8H15ClO/c1-3-7(4-2)5-8(10)6-9/h7H,3-6H2,1-2H3. The van der Waals surface area contributed by atoms with E-state index in [1.54, 1.807) is 0 Å². The van der Waals surface area contributed by atoms with E-state index in [0.717, 1.165) is 12.8 Å². The van der Waals surface area contributed by atoms with Gasteiger partial charge < -0.3 is 0 Å². The molecule has 0 radical (unpaired) electrons. The highest BCUT2D eigenvalue weighted by Gasteiger charge is 2.08. The van der Waals surface area contributed by atoms with Gasteiger partial charge in [0.2, 0.25) is 0 Å². The topological polar surface area (TPSA) is 17.1 Å². The molecule has 0 saturated heterocycles. The molecule has 60 valence electrons. The first-order valence-corrected chi connectivity index (χ1v) is 4.35. The maximum Gasteiger partial charge on any atom is 0.147 e. The lowest BCUT2D eigenvalue weighted by Crippen LogP contribution is -2.07. The molecule has 0 heterocycles. The lowest BCUT2D eigenvalue weighted by Gasteiger charge is -2.08. The fraction of sp³-hybridized carbons (Fsp3) is 0.875. The summed E-state index contributed by atoms with van der Waals surface area (Å²) in [5.41, 5.74) is 0. The van der Waals surface area contributed by atoms with Crippen LogP contribution in [0.25, 0.3) is 0 Å². The van der Waals surface area contributed by atoms with Crippen LogP contribution in [0.1, 0.15) is 33.1 Å². The lowest BCUT2D eigenvalue weighted by atomic mass is 9.98. The molecule has 0 saturated carbocycles. The number of carbonyl (C=O) groups excluding carboxylic acids is 1. The Balaban J connectivity index is 3.52. The predicted molar refractivity (Wildman–Crippen MR) is 44.4 cm³/mol. The number of hydrogen-bond acceptors (Lipinski definition) is 1. The van der Waals surface area contributed by atoms with Crippen LogP contribution in [0.4, 0.5) is 0 Å². The summed E-state index contributed by atoms with van der Waals surface area (Å²) in [6.07, 6.45) is 2.83. The van der Waals surface area contributed by atoms with Crippen molar-refractivity contribution >= 4 is 17.4 Å². The first-order valence-electron chi connectivity index (χ1n) is 3.82. The minimum Gasteiger partial charge on any atom is -0.298 e. The van der Waals surface area contributed by atoms with Crippen LogP contribution < -0.4 is 0 Å². The number of halogens is 1. The molecule has 0 aliphatic heterocycles. The second-order valence-corrected chi connectivity index (χ2v) is 2.83. The van der Waals surface area contributed by atoms with E-state index in [1.807, 2.05) is 0 Å². The summed E-state index contributed by atoms with van der Waals surface area (Å²) in [5, 5.41) is 0. The molecule has 0 amide bonds. The summed E-state index contributed by atoms with van der Waals surface area (Å²) in [6, 6.07) is 0. The third kappa shape index (κ3) is 3.89. The Bertz CT molecular complexity index is 97.4. The molecule has 0 N–H and O–H groups in total. The summed E-state index contributed by atoms with van der Waals surface area (Å²) in [4.78, 5) is 10.8. The summed E-state index contributed by atoms with van der Waals surface area (Å²) in [5.74, 6) is 0.901. The van der Waals surface area contributed by atoms with E-state index in [2.05, 4.69) is 13.8 Å². The third-order valence-corrected chi connectivity index (χ3v) is 2.12. The molecule has 0 bridgehead atoms. The van der Waals surface area contributed by atoms with Crippen molar-refractivity contribution in [3.05, 3.63) is 0 Å². The molecule has 0 rings (SSSR count). The van der Waals surface area contributed by atoms with Crippen LogP contribution >= 0.6 is 11.6 Å². The molecule has 0 aromatic rings. The highest BCUT2D eigenvalue weighted by atomic mass is 35.5. The average Bonchev–Trinajstić information content (AvgIpc) is 1.99. The summed E-state index contributed by atoms with van der Waals surface area (Å²) in [7, 11) is 0. The normalized spacial score (nSPS) is 10.4. The summed E-state index contributed by atoms with van der Waals surface area (Å²) in [6.45, 7) is 4.21. The Labute approximate surface area is 67.8 Å². The Morgan fingerprint density at radius 1 is 1.40 bits per heavy atom. The van der Waals surface area contributed by atoms with Gasteiger partial charge in [-0.25, -0.2) is 0 Å². The molecular weight excluding hydrogens is 148 g/mol. The van der Waals surface area contributed by atoms with Gasteiger partial charge in [-0.1, -0.05) is 26.7 Å². The van der Waals surface area contributed by atoms with E-state index in [0.29, 0.717) is 12.3 Å². The molecule has 0 spiro atoms. The van der Waals surface area contributed by atoms with E-state index in [9.17, 15) is 4.79 Å². The molecular formula is C8H15ClO. The van der Waals surface area contributed by atoms with Gasteiger partial charge in [0.05, 0.1) is 5.88 Å². The van der Waals surface area contributed by atoms with Crippen molar-refractivity contribution in [1.29, 1.82) is 0 Å². The first kappa shape index (κ1) is 9.96. The predicted octanol–water partition coefficient (Wildman–Crippen LogP) is 2.62. The van der Waals surface area contributed by atoms with Crippen LogP contribution in [0.5, 0.6) is 0 Å². The molecule has 10 heavy (non-hydrogen) atoms. The molecule has 0 atom stereocenters. The van der Waals surface area contributed by atoms with Crippen molar-refractivity contribution in [2.45, 2.75) is 33.1 Å². The average molecular weight is 163 g/mol. The fourth-order valence-corrected chi connectivity index (χ4v) is 1.06. The molecule has 0 aliphatic carbocycles. The largest absolute Gasteiger partial charge is 0.298 e. The smallest absolute Gasteiger partial charge is 0.147 e.